The highest BCUT2D eigenvalue weighted by molar-refractivity contribution is 6.08. The zero-order valence-electron chi connectivity index (χ0n) is 12.8. The third kappa shape index (κ3) is 6.86. The molecular weight excluding hydrogens is 258 g/mol. The minimum atomic E-state index is 0.412. The molecule has 0 bridgehead atoms. The van der Waals surface area contributed by atoms with Crippen molar-refractivity contribution < 1.29 is 14.2 Å². The molecule has 1 fully saturated rings. The summed E-state index contributed by atoms with van der Waals surface area (Å²) in [5.74, 6) is 0.640. The van der Waals surface area contributed by atoms with Gasteiger partial charge >= 0.3 is 0 Å². The summed E-state index contributed by atoms with van der Waals surface area (Å²) in [6, 6.07) is 1.94. The Hall–Kier alpha value is 0.0569. The molecule has 0 amide bonds. The molecule has 0 aliphatic heterocycles. The molecule has 5 heteroatoms. The van der Waals surface area contributed by atoms with Gasteiger partial charge in [0.15, 0.2) is 0 Å². The van der Waals surface area contributed by atoms with Crippen LogP contribution in [0.25, 0.3) is 0 Å². The molecule has 0 spiro atoms. The van der Waals surface area contributed by atoms with Crippen LogP contribution in [0.2, 0.25) is 6.04 Å². The lowest BCUT2D eigenvalue weighted by Gasteiger charge is -2.04. The van der Waals surface area contributed by atoms with Crippen molar-refractivity contribution in [2.75, 3.05) is 39.6 Å². The molecular formula is C14H31NO3Si. The quantitative estimate of drug-likeness (QED) is 0.398. The molecule has 1 aliphatic carbocycles. The maximum absolute atomic E-state index is 5.77. The highest BCUT2D eigenvalue weighted by Crippen LogP contribution is 2.37. The van der Waals surface area contributed by atoms with Crippen LogP contribution in [0.5, 0.6) is 0 Å². The minimum Gasteiger partial charge on any atom is -0.379 e. The molecule has 1 N–H and O–H groups in total. The second-order valence-electron chi connectivity index (χ2n) is 5.02. The average Bonchev–Trinajstić information content (AvgIpc) is 3.07. The topological polar surface area (TPSA) is 39.7 Å². The molecule has 3 unspecified atom stereocenters. The lowest BCUT2D eigenvalue weighted by Crippen LogP contribution is -2.22. The monoisotopic (exact) mass is 289 g/mol. The van der Waals surface area contributed by atoms with E-state index < -0.39 is 0 Å². The van der Waals surface area contributed by atoms with Crippen LogP contribution in [0.15, 0.2) is 0 Å². The van der Waals surface area contributed by atoms with Crippen molar-refractivity contribution in [2.45, 2.75) is 44.9 Å². The summed E-state index contributed by atoms with van der Waals surface area (Å²) < 4.78 is 16.6. The first kappa shape index (κ1) is 17.1. The van der Waals surface area contributed by atoms with Crippen LogP contribution in [0.3, 0.4) is 0 Å². The van der Waals surface area contributed by atoms with Crippen LogP contribution in [-0.4, -0.2) is 62.0 Å². The lowest BCUT2D eigenvalue weighted by molar-refractivity contribution is 0.0471. The maximum atomic E-state index is 5.77. The maximum Gasteiger partial charge on any atom is 0.0776 e. The normalized spacial score (nSPS) is 25.9. The third-order valence-electron chi connectivity index (χ3n) is 3.54. The summed E-state index contributed by atoms with van der Waals surface area (Å²) in [6.07, 6.45) is 2.81. The molecule has 1 saturated carbocycles. The molecule has 0 heterocycles. The Morgan fingerprint density at radius 1 is 1.05 bits per heavy atom. The molecule has 3 atom stereocenters. The van der Waals surface area contributed by atoms with Crippen molar-refractivity contribution in [2.24, 2.45) is 5.92 Å². The molecule has 0 aromatic heterocycles. The summed E-state index contributed by atoms with van der Waals surface area (Å²) in [5.41, 5.74) is 0. The first-order valence-corrected chi connectivity index (χ1v) is 9.27. The third-order valence-corrected chi connectivity index (χ3v) is 4.24. The SMILES string of the molecule is CCOCCOCCC1C(NCCC[SiH3])C1OCC. The van der Waals surface area contributed by atoms with Gasteiger partial charge in [-0.1, -0.05) is 6.04 Å². The van der Waals surface area contributed by atoms with Crippen LogP contribution in [0, 0.1) is 5.92 Å². The van der Waals surface area contributed by atoms with Crippen LogP contribution >= 0.6 is 0 Å². The number of rotatable bonds is 13. The van der Waals surface area contributed by atoms with E-state index in [2.05, 4.69) is 12.2 Å². The predicted molar refractivity (Wildman–Crippen MR) is 82.0 cm³/mol. The van der Waals surface area contributed by atoms with Crippen LogP contribution in [0.4, 0.5) is 0 Å². The van der Waals surface area contributed by atoms with Crippen molar-refractivity contribution >= 4 is 10.2 Å². The highest BCUT2D eigenvalue weighted by atomic mass is 28.1. The summed E-state index contributed by atoms with van der Waals surface area (Å²) in [6.45, 7) is 9.03. The number of ether oxygens (including phenoxy) is 3. The molecule has 0 saturated heterocycles. The molecule has 19 heavy (non-hydrogen) atoms. The summed E-state index contributed by atoms with van der Waals surface area (Å²) in [5, 5.41) is 3.62. The van der Waals surface area contributed by atoms with Gasteiger partial charge in [0.1, 0.15) is 0 Å². The molecule has 0 radical (unpaired) electrons. The molecule has 1 rings (SSSR count). The molecule has 0 aromatic carbocycles. The summed E-state index contributed by atoms with van der Waals surface area (Å²) >= 11 is 0. The van der Waals surface area contributed by atoms with E-state index in [0.717, 1.165) is 32.8 Å². The fraction of sp³-hybridized carbons (Fsp3) is 1.00. The number of nitrogens with one attached hydrogen (secondary N) is 1. The fourth-order valence-electron chi connectivity index (χ4n) is 2.40. The second-order valence-corrected chi connectivity index (χ2v) is 6.02. The number of hydrogen-bond donors (Lipinski definition) is 1. The van der Waals surface area contributed by atoms with E-state index in [1.54, 1.807) is 0 Å². The van der Waals surface area contributed by atoms with E-state index in [-0.39, 0.29) is 0 Å². The van der Waals surface area contributed by atoms with E-state index in [1.807, 2.05) is 6.92 Å². The van der Waals surface area contributed by atoms with Crippen molar-refractivity contribution in [3.8, 4) is 0 Å². The first-order valence-electron chi connectivity index (χ1n) is 7.85. The molecule has 0 aromatic rings. The van der Waals surface area contributed by atoms with Crippen molar-refractivity contribution in [3.63, 3.8) is 0 Å². The number of hydrogen-bond acceptors (Lipinski definition) is 4. The van der Waals surface area contributed by atoms with Gasteiger partial charge in [0.25, 0.3) is 0 Å². The van der Waals surface area contributed by atoms with E-state index in [1.165, 1.54) is 22.7 Å². The van der Waals surface area contributed by atoms with E-state index in [0.29, 0.717) is 31.3 Å². The van der Waals surface area contributed by atoms with Crippen LogP contribution in [-0.2, 0) is 14.2 Å². The van der Waals surface area contributed by atoms with Gasteiger partial charge in [-0.3, -0.25) is 0 Å². The van der Waals surface area contributed by atoms with Crippen molar-refractivity contribution in [1.29, 1.82) is 0 Å². The van der Waals surface area contributed by atoms with Crippen molar-refractivity contribution in [1.82, 2.24) is 5.32 Å². The summed E-state index contributed by atoms with van der Waals surface area (Å²) in [7, 11) is 1.31. The van der Waals surface area contributed by atoms with Gasteiger partial charge < -0.3 is 19.5 Å². The standard InChI is InChI=1S/C14H31NO3Si/c1-3-16-9-10-17-8-6-12-13(14(12)18-4-2)15-7-5-11-19/h12-15H,3-11H2,1-2,19H3. The summed E-state index contributed by atoms with van der Waals surface area (Å²) in [4.78, 5) is 0. The Labute approximate surface area is 121 Å². The van der Waals surface area contributed by atoms with E-state index >= 15 is 0 Å². The van der Waals surface area contributed by atoms with Gasteiger partial charge in [0.05, 0.1) is 19.3 Å². The van der Waals surface area contributed by atoms with Gasteiger partial charge in [-0.05, 0) is 33.2 Å². The van der Waals surface area contributed by atoms with Crippen molar-refractivity contribution in [3.05, 3.63) is 0 Å². The van der Waals surface area contributed by atoms with Gasteiger partial charge in [-0.25, -0.2) is 0 Å². The first-order chi connectivity index (χ1) is 9.35. The lowest BCUT2D eigenvalue weighted by atomic mass is 10.3. The van der Waals surface area contributed by atoms with Crippen LogP contribution in [0.1, 0.15) is 26.7 Å². The Kier molecular flexibility index (Phi) is 9.72. The predicted octanol–water partition coefficient (Wildman–Crippen LogP) is 0.597. The fourth-order valence-corrected chi connectivity index (χ4v) is 2.76. The average molecular weight is 289 g/mol. The second kappa shape index (κ2) is 10.8. The molecule has 1 aliphatic rings. The van der Waals surface area contributed by atoms with Gasteiger partial charge in [-0.15, -0.1) is 0 Å². The molecule has 114 valence electrons. The van der Waals surface area contributed by atoms with Gasteiger partial charge in [0, 0.05) is 42.0 Å². The van der Waals surface area contributed by atoms with E-state index in [9.17, 15) is 0 Å². The Bertz CT molecular complexity index is 219. The zero-order valence-corrected chi connectivity index (χ0v) is 14.8. The Morgan fingerprint density at radius 3 is 2.53 bits per heavy atom. The smallest absolute Gasteiger partial charge is 0.0776 e. The van der Waals surface area contributed by atoms with Gasteiger partial charge in [-0.2, -0.15) is 0 Å². The van der Waals surface area contributed by atoms with Crippen LogP contribution < -0.4 is 5.32 Å². The van der Waals surface area contributed by atoms with E-state index in [4.69, 9.17) is 14.2 Å². The van der Waals surface area contributed by atoms with Gasteiger partial charge in [0.2, 0.25) is 0 Å². The largest absolute Gasteiger partial charge is 0.379 e. The highest BCUT2D eigenvalue weighted by Gasteiger charge is 2.50. The minimum absolute atomic E-state index is 0.412. The Balaban J connectivity index is 2.06. The Morgan fingerprint density at radius 2 is 1.84 bits per heavy atom. The zero-order chi connectivity index (χ0) is 13.9. The molecule has 4 nitrogen and oxygen atoms in total.